The lowest BCUT2D eigenvalue weighted by molar-refractivity contribution is 0.670. The predicted octanol–water partition coefficient (Wildman–Crippen LogP) is 16.8. The summed E-state index contributed by atoms with van der Waals surface area (Å²) in [5.74, 6) is 0. The van der Waals surface area contributed by atoms with Crippen LogP contribution in [0.2, 0.25) is 0 Å². The molecule has 2 aromatic heterocycles. The molecule has 0 aliphatic rings. The smallest absolute Gasteiger partial charge is 0.143 e. The van der Waals surface area contributed by atoms with Crippen LogP contribution in [0.1, 0.15) is 0 Å². The lowest BCUT2D eigenvalue weighted by atomic mass is 9.92. The van der Waals surface area contributed by atoms with Gasteiger partial charge in [-0.05, 0) is 70.8 Å². The van der Waals surface area contributed by atoms with Gasteiger partial charge in [-0.2, -0.15) is 0 Å². The summed E-state index contributed by atoms with van der Waals surface area (Å²) >= 11 is 0. The Bertz CT molecular complexity index is 3580. The first-order chi connectivity index (χ1) is 31.3. The third-order valence-electron chi connectivity index (χ3n) is 12.4. The van der Waals surface area contributed by atoms with Crippen molar-refractivity contribution in [3.05, 3.63) is 243 Å². The number of hydrogen-bond donors (Lipinski definition) is 0. The van der Waals surface area contributed by atoms with Crippen LogP contribution in [0, 0.1) is 0 Å². The molecule has 2 heterocycles. The molecule has 296 valence electrons. The van der Waals surface area contributed by atoms with E-state index in [1.165, 1.54) is 32.9 Å². The van der Waals surface area contributed by atoms with Crippen LogP contribution in [0.5, 0.6) is 0 Å². The molecule has 0 aliphatic carbocycles. The summed E-state index contributed by atoms with van der Waals surface area (Å²) in [5, 5.41) is 4.72. The number of fused-ring (bicyclic) bond motifs is 6. The zero-order chi connectivity index (χ0) is 41.7. The summed E-state index contributed by atoms with van der Waals surface area (Å²) in [7, 11) is 0. The highest BCUT2D eigenvalue weighted by molar-refractivity contribution is 6.12. The van der Waals surface area contributed by atoms with Gasteiger partial charge in [0.15, 0.2) is 0 Å². The number of rotatable bonds is 8. The quantitative estimate of drug-likeness (QED) is 0.153. The highest BCUT2D eigenvalue weighted by Gasteiger charge is 2.24. The molecular formula is C60H40N2O. The van der Waals surface area contributed by atoms with E-state index in [2.05, 4.69) is 246 Å². The Morgan fingerprint density at radius 2 is 0.778 bits per heavy atom. The Kier molecular flexibility index (Phi) is 8.83. The predicted molar refractivity (Wildman–Crippen MR) is 264 cm³/mol. The topological polar surface area (TPSA) is 21.3 Å². The molecule has 0 N–H and O–H groups in total. The van der Waals surface area contributed by atoms with Gasteiger partial charge in [0.05, 0.1) is 28.1 Å². The Labute approximate surface area is 366 Å². The standard InChI is InChI=1S/C60H40N2O/c1-2-19-41(20-3-1)44-21-4-5-23-46(44)47-24-7-13-32-55(47)61(56-33-14-10-27-50(56)52-29-18-30-53-51-28-11-17-36-59(51)63-60(52)53)43-39-37-42(38-40-43)45-22-6-12-31-54(45)62-57-34-15-8-25-48(57)49-26-9-16-35-58(49)62/h1-40H. The lowest BCUT2D eigenvalue weighted by Gasteiger charge is -2.30. The van der Waals surface area contributed by atoms with Crippen LogP contribution in [0.3, 0.4) is 0 Å². The van der Waals surface area contributed by atoms with Crippen LogP contribution < -0.4 is 4.90 Å². The fourth-order valence-corrected chi connectivity index (χ4v) is 9.63. The zero-order valence-corrected chi connectivity index (χ0v) is 34.4. The third-order valence-corrected chi connectivity index (χ3v) is 12.4. The van der Waals surface area contributed by atoms with Gasteiger partial charge in [0.1, 0.15) is 11.2 Å². The number of nitrogens with zero attached hydrogens (tertiary/aromatic N) is 2. The highest BCUT2D eigenvalue weighted by atomic mass is 16.3. The van der Waals surface area contributed by atoms with Gasteiger partial charge in [0, 0.05) is 49.5 Å². The molecular weight excluding hydrogens is 765 g/mol. The van der Waals surface area contributed by atoms with E-state index >= 15 is 0 Å². The molecule has 0 amide bonds. The van der Waals surface area contributed by atoms with Gasteiger partial charge in [0.25, 0.3) is 0 Å². The van der Waals surface area contributed by atoms with Crippen LogP contribution in [-0.4, -0.2) is 4.57 Å². The van der Waals surface area contributed by atoms with Gasteiger partial charge in [-0.25, -0.2) is 0 Å². The first-order valence-electron chi connectivity index (χ1n) is 21.5. The van der Waals surface area contributed by atoms with Gasteiger partial charge in [-0.15, -0.1) is 0 Å². The van der Waals surface area contributed by atoms with Crippen LogP contribution >= 0.6 is 0 Å². The normalized spacial score (nSPS) is 11.5. The minimum absolute atomic E-state index is 0.880. The zero-order valence-electron chi connectivity index (χ0n) is 34.4. The molecule has 0 spiro atoms. The van der Waals surface area contributed by atoms with E-state index in [0.29, 0.717) is 0 Å². The molecule has 0 bridgehead atoms. The first-order valence-corrected chi connectivity index (χ1v) is 21.5. The van der Waals surface area contributed by atoms with E-state index in [-0.39, 0.29) is 0 Å². The van der Waals surface area contributed by atoms with Crippen LogP contribution in [0.4, 0.5) is 17.1 Å². The summed E-state index contributed by atoms with van der Waals surface area (Å²) < 4.78 is 9.09. The van der Waals surface area contributed by atoms with Crippen molar-refractivity contribution < 1.29 is 4.42 Å². The molecule has 3 nitrogen and oxygen atoms in total. The molecule has 12 aromatic rings. The van der Waals surface area contributed by atoms with Gasteiger partial charge < -0.3 is 13.9 Å². The van der Waals surface area contributed by atoms with E-state index in [4.69, 9.17) is 4.42 Å². The minimum Gasteiger partial charge on any atom is -0.455 e. The molecule has 0 fully saturated rings. The van der Waals surface area contributed by atoms with Gasteiger partial charge in [0.2, 0.25) is 0 Å². The second-order valence-corrected chi connectivity index (χ2v) is 16.0. The maximum absolute atomic E-state index is 6.68. The summed E-state index contributed by atoms with van der Waals surface area (Å²) in [6.07, 6.45) is 0. The van der Waals surface area contributed by atoms with E-state index in [1.807, 2.05) is 6.07 Å². The van der Waals surface area contributed by atoms with Gasteiger partial charge >= 0.3 is 0 Å². The number of furan rings is 1. The maximum Gasteiger partial charge on any atom is 0.143 e. The van der Waals surface area contributed by atoms with Crippen molar-refractivity contribution in [1.82, 2.24) is 4.57 Å². The number of para-hydroxylation sites is 7. The molecule has 0 atom stereocenters. The van der Waals surface area contributed by atoms with E-state index < -0.39 is 0 Å². The monoisotopic (exact) mass is 804 g/mol. The Balaban J connectivity index is 1.06. The highest BCUT2D eigenvalue weighted by Crippen LogP contribution is 2.48. The second-order valence-electron chi connectivity index (χ2n) is 16.0. The van der Waals surface area contributed by atoms with E-state index in [1.54, 1.807) is 0 Å². The summed E-state index contributed by atoms with van der Waals surface area (Å²) in [6, 6.07) is 87.1. The number of anilines is 3. The molecule has 0 radical (unpaired) electrons. The largest absolute Gasteiger partial charge is 0.455 e. The van der Waals surface area contributed by atoms with Crippen molar-refractivity contribution in [2.24, 2.45) is 0 Å². The lowest BCUT2D eigenvalue weighted by Crippen LogP contribution is -2.12. The summed E-state index contributed by atoms with van der Waals surface area (Å²) in [6.45, 7) is 0. The molecule has 12 rings (SSSR count). The molecule has 0 unspecified atom stereocenters. The van der Waals surface area contributed by atoms with Crippen molar-refractivity contribution in [2.45, 2.75) is 0 Å². The van der Waals surface area contributed by atoms with E-state index in [9.17, 15) is 0 Å². The summed E-state index contributed by atoms with van der Waals surface area (Å²) in [5.41, 5.74) is 17.5. The maximum atomic E-state index is 6.68. The average Bonchev–Trinajstić information content (AvgIpc) is 3.91. The fraction of sp³-hybridized carbons (Fsp3) is 0. The Morgan fingerprint density at radius 3 is 1.48 bits per heavy atom. The van der Waals surface area contributed by atoms with Crippen molar-refractivity contribution in [3.63, 3.8) is 0 Å². The second kappa shape index (κ2) is 15.3. The average molecular weight is 805 g/mol. The van der Waals surface area contributed by atoms with Gasteiger partial charge in [-0.3, -0.25) is 0 Å². The number of hydrogen-bond acceptors (Lipinski definition) is 2. The Hall–Kier alpha value is -8.40. The van der Waals surface area contributed by atoms with Crippen molar-refractivity contribution in [3.8, 4) is 50.2 Å². The first kappa shape index (κ1) is 36.5. The summed E-state index contributed by atoms with van der Waals surface area (Å²) in [4.78, 5) is 2.43. The fourth-order valence-electron chi connectivity index (χ4n) is 9.63. The molecule has 0 saturated heterocycles. The molecule has 63 heavy (non-hydrogen) atoms. The third kappa shape index (κ3) is 6.13. The Morgan fingerprint density at radius 1 is 0.302 bits per heavy atom. The number of aromatic nitrogens is 1. The molecule has 10 aromatic carbocycles. The molecule has 0 saturated carbocycles. The van der Waals surface area contributed by atoms with Crippen molar-refractivity contribution in [1.29, 1.82) is 0 Å². The van der Waals surface area contributed by atoms with E-state index in [0.717, 1.165) is 78.1 Å². The van der Waals surface area contributed by atoms with Crippen LogP contribution in [0.15, 0.2) is 247 Å². The van der Waals surface area contributed by atoms with Gasteiger partial charge in [-0.1, -0.05) is 194 Å². The van der Waals surface area contributed by atoms with Crippen molar-refractivity contribution >= 4 is 60.8 Å². The van der Waals surface area contributed by atoms with Crippen LogP contribution in [0.25, 0.3) is 93.9 Å². The van der Waals surface area contributed by atoms with Crippen molar-refractivity contribution in [2.75, 3.05) is 4.90 Å². The molecule has 0 aliphatic heterocycles. The minimum atomic E-state index is 0.880. The number of benzene rings is 10. The molecule has 3 heteroatoms. The van der Waals surface area contributed by atoms with Crippen LogP contribution in [-0.2, 0) is 0 Å². The SMILES string of the molecule is c1ccc(-c2ccccc2-c2ccccc2N(c2ccc(-c3ccccc3-n3c4ccccc4c4ccccc43)cc2)c2ccccc2-c2cccc3c2oc2ccccc23)cc1.